The largest absolute Gasteiger partial charge is 0.462 e. The zero-order valence-corrected chi connectivity index (χ0v) is 14.4. The van der Waals surface area contributed by atoms with Crippen molar-refractivity contribution in [2.45, 2.75) is 26.9 Å². The summed E-state index contributed by atoms with van der Waals surface area (Å²) in [4.78, 5) is 36.9. The maximum Gasteiger partial charge on any atom is 0.346 e. The van der Waals surface area contributed by atoms with E-state index in [1.807, 2.05) is 30.3 Å². The standard InChI is InChI=1S/C19H20O6/c1-4-23-17(20)16(18(21)24-5-2)15-14(12(3)25-19(15)22)11-13-9-7-6-8-10-13/h6-12H,4-5H2,1-3H3/b14-11+. The molecule has 1 fully saturated rings. The lowest BCUT2D eigenvalue weighted by molar-refractivity contribution is -0.148. The second kappa shape index (κ2) is 8.28. The van der Waals surface area contributed by atoms with E-state index in [2.05, 4.69) is 0 Å². The normalized spacial score (nSPS) is 18.0. The molecular weight excluding hydrogens is 324 g/mol. The van der Waals surface area contributed by atoms with Gasteiger partial charge in [0.25, 0.3) is 0 Å². The molecule has 0 aliphatic carbocycles. The third-order valence-electron chi connectivity index (χ3n) is 3.55. The Morgan fingerprint density at radius 1 is 1.08 bits per heavy atom. The van der Waals surface area contributed by atoms with Gasteiger partial charge in [0.1, 0.15) is 6.10 Å². The predicted molar refractivity (Wildman–Crippen MR) is 90.3 cm³/mol. The van der Waals surface area contributed by atoms with Crippen molar-refractivity contribution in [1.82, 2.24) is 0 Å². The Hall–Kier alpha value is -2.89. The van der Waals surface area contributed by atoms with Crippen molar-refractivity contribution in [3.05, 3.63) is 52.6 Å². The lowest BCUT2D eigenvalue weighted by Crippen LogP contribution is -2.22. The summed E-state index contributed by atoms with van der Waals surface area (Å²) in [6, 6.07) is 9.23. The summed E-state index contributed by atoms with van der Waals surface area (Å²) in [5.74, 6) is -2.55. The Bertz CT molecular complexity index is 710. The Kier molecular flexibility index (Phi) is 6.11. The van der Waals surface area contributed by atoms with Crippen molar-refractivity contribution in [2.24, 2.45) is 0 Å². The van der Waals surface area contributed by atoms with Crippen molar-refractivity contribution in [3.63, 3.8) is 0 Å². The zero-order valence-electron chi connectivity index (χ0n) is 14.4. The number of esters is 3. The minimum atomic E-state index is -0.902. The molecule has 2 rings (SSSR count). The number of benzene rings is 1. The minimum Gasteiger partial charge on any atom is -0.462 e. The molecule has 25 heavy (non-hydrogen) atoms. The van der Waals surface area contributed by atoms with Crippen molar-refractivity contribution in [2.75, 3.05) is 13.2 Å². The fourth-order valence-electron chi connectivity index (χ4n) is 2.46. The fourth-order valence-corrected chi connectivity index (χ4v) is 2.46. The van der Waals surface area contributed by atoms with Crippen LogP contribution in [0.5, 0.6) is 0 Å². The highest BCUT2D eigenvalue weighted by molar-refractivity contribution is 6.21. The SMILES string of the molecule is CCOC(=O)C(C(=O)OCC)=C1C(=O)OC(C)/C1=C\c1ccccc1. The number of rotatable bonds is 5. The van der Waals surface area contributed by atoms with Gasteiger partial charge in [-0.05, 0) is 32.4 Å². The van der Waals surface area contributed by atoms with Gasteiger partial charge in [0, 0.05) is 5.57 Å². The van der Waals surface area contributed by atoms with Gasteiger partial charge in [0.05, 0.1) is 18.8 Å². The molecule has 132 valence electrons. The van der Waals surface area contributed by atoms with Gasteiger partial charge in [-0.15, -0.1) is 0 Å². The third-order valence-corrected chi connectivity index (χ3v) is 3.55. The van der Waals surface area contributed by atoms with Crippen LogP contribution < -0.4 is 0 Å². The minimum absolute atomic E-state index is 0.0668. The first kappa shape index (κ1) is 18.4. The second-order valence-corrected chi connectivity index (χ2v) is 5.25. The molecule has 6 heteroatoms. The van der Waals surface area contributed by atoms with Crippen molar-refractivity contribution >= 4 is 24.0 Å². The highest BCUT2D eigenvalue weighted by atomic mass is 16.6. The highest BCUT2D eigenvalue weighted by Crippen LogP contribution is 2.32. The van der Waals surface area contributed by atoms with E-state index in [-0.39, 0.29) is 18.8 Å². The van der Waals surface area contributed by atoms with Gasteiger partial charge in [-0.3, -0.25) is 0 Å². The molecule has 0 bridgehead atoms. The summed E-state index contributed by atoms with van der Waals surface area (Å²) in [6.07, 6.45) is 1.12. The number of carbonyl (C=O) groups is 3. The number of hydrogen-bond donors (Lipinski definition) is 0. The average molecular weight is 344 g/mol. The van der Waals surface area contributed by atoms with Gasteiger partial charge in [-0.2, -0.15) is 0 Å². The van der Waals surface area contributed by atoms with E-state index in [4.69, 9.17) is 14.2 Å². The molecule has 0 N–H and O–H groups in total. The predicted octanol–water partition coefficient (Wildman–Crippen LogP) is 2.44. The Labute approximate surface area is 146 Å². The number of ether oxygens (including phenoxy) is 3. The van der Waals surface area contributed by atoms with E-state index in [0.29, 0.717) is 5.57 Å². The summed E-state index contributed by atoms with van der Waals surface area (Å²) in [5, 5.41) is 0. The van der Waals surface area contributed by atoms with E-state index >= 15 is 0 Å². The van der Waals surface area contributed by atoms with Crippen LogP contribution in [-0.4, -0.2) is 37.2 Å². The highest BCUT2D eigenvalue weighted by Gasteiger charge is 2.39. The fraction of sp³-hybridized carbons (Fsp3) is 0.316. The van der Waals surface area contributed by atoms with E-state index in [9.17, 15) is 14.4 Å². The molecular formula is C19H20O6. The smallest absolute Gasteiger partial charge is 0.346 e. The van der Waals surface area contributed by atoms with Crippen LogP contribution in [0.1, 0.15) is 26.3 Å². The summed E-state index contributed by atoms with van der Waals surface area (Å²) in [6.45, 7) is 5.03. The quantitative estimate of drug-likeness (QED) is 0.268. The van der Waals surface area contributed by atoms with Gasteiger partial charge < -0.3 is 14.2 Å². The maximum atomic E-state index is 12.3. The van der Waals surface area contributed by atoms with Gasteiger partial charge in [-0.25, -0.2) is 14.4 Å². The first-order chi connectivity index (χ1) is 12.0. The molecule has 1 aliphatic rings. The van der Waals surface area contributed by atoms with E-state index in [1.165, 1.54) is 0 Å². The first-order valence-corrected chi connectivity index (χ1v) is 8.06. The maximum absolute atomic E-state index is 12.3. The Balaban J connectivity index is 2.62. The van der Waals surface area contributed by atoms with Crippen LogP contribution in [0.25, 0.3) is 6.08 Å². The second-order valence-electron chi connectivity index (χ2n) is 5.25. The number of cyclic esters (lactones) is 1. The lowest BCUT2D eigenvalue weighted by Gasteiger charge is -2.09. The molecule has 0 saturated carbocycles. The molecule has 1 unspecified atom stereocenters. The lowest BCUT2D eigenvalue weighted by atomic mass is 9.96. The van der Waals surface area contributed by atoms with E-state index in [0.717, 1.165) is 5.56 Å². The molecule has 0 aromatic heterocycles. The van der Waals surface area contributed by atoms with Gasteiger partial charge in [0.15, 0.2) is 5.57 Å². The molecule has 6 nitrogen and oxygen atoms in total. The summed E-state index contributed by atoms with van der Waals surface area (Å²) in [7, 11) is 0. The van der Waals surface area contributed by atoms with Crippen LogP contribution in [0.2, 0.25) is 0 Å². The van der Waals surface area contributed by atoms with Crippen molar-refractivity contribution in [1.29, 1.82) is 0 Å². The first-order valence-electron chi connectivity index (χ1n) is 8.06. The molecule has 1 atom stereocenters. The molecule has 1 aromatic rings. The topological polar surface area (TPSA) is 78.9 Å². The van der Waals surface area contributed by atoms with Crippen LogP contribution in [-0.2, 0) is 28.6 Å². The molecule has 0 radical (unpaired) electrons. The third kappa shape index (κ3) is 4.15. The molecule has 1 aliphatic heterocycles. The van der Waals surface area contributed by atoms with E-state index in [1.54, 1.807) is 26.8 Å². The summed E-state index contributed by atoms with van der Waals surface area (Å²) >= 11 is 0. The zero-order chi connectivity index (χ0) is 18.4. The molecule has 0 spiro atoms. The number of hydrogen-bond acceptors (Lipinski definition) is 6. The van der Waals surface area contributed by atoms with Crippen molar-refractivity contribution in [3.8, 4) is 0 Å². The van der Waals surface area contributed by atoms with Crippen LogP contribution in [0.3, 0.4) is 0 Å². The van der Waals surface area contributed by atoms with Crippen molar-refractivity contribution < 1.29 is 28.6 Å². The van der Waals surface area contributed by atoms with Crippen LogP contribution in [0, 0.1) is 0 Å². The summed E-state index contributed by atoms with van der Waals surface area (Å²) in [5.41, 5.74) is 0.716. The summed E-state index contributed by atoms with van der Waals surface area (Å²) < 4.78 is 15.1. The number of carbonyl (C=O) groups excluding carboxylic acids is 3. The van der Waals surface area contributed by atoms with Crippen LogP contribution in [0.4, 0.5) is 0 Å². The van der Waals surface area contributed by atoms with Crippen LogP contribution in [0.15, 0.2) is 47.1 Å². The average Bonchev–Trinajstić information content (AvgIpc) is 2.84. The molecule has 0 amide bonds. The molecule has 1 aromatic carbocycles. The van der Waals surface area contributed by atoms with E-state index < -0.39 is 29.6 Å². The van der Waals surface area contributed by atoms with Gasteiger partial charge in [0.2, 0.25) is 0 Å². The molecule has 1 heterocycles. The molecule has 1 saturated heterocycles. The van der Waals surface area contributed by atoms with Gasteiger partial charge in [-0.1, -0.05) is 30.3 Å². The Morgan fingerprint density at radius 2 is 1.64 bits per heavy atom. The monoisotopic (exact) mass is 344 g/mol. The van der Waals surface area contributed by atoms with Gasteiger partial charge >= 0.3 is 17.9 Å². The van der Waals surface area contributed by atoms with Crippen LogP contribution >= 0.6 is 0 Å². The Morgan fingerprint density at radius 3 is 2.16 bits per heavy atom.